The van der Waals surface area contributed by atoms with Gasteiger partial charge in [0.1, 0.15) is 0 Å². The Morgan fingerprint density at radius 2 is 2.13 bits per heavy atom. The summed E-state index contributed by atoms with van der Waals surface area (Å²) >= 11 is 5.94. The molecule has 1 saturated heterocycles. The van der Waals surface area contributed by atoms with Crippen LogP contribution in [0.4, 0.5) is 0 Å². The maximum absolute atomic E-state index is 5.94. The number of halogens is 1. The molecule has 1 aliphatic heterocycles. The van der Waals surface area contributed by atoms with Gasteiger partial charge in [-0.3, -0.25) is 9.58 Å². The predicted octanol–water partition coefficient (Wildman–Crippen LogP) is 0.750. The summed E-state index contributed by atoms with van der Waals surface area (Å²) in [6.45, 7) is 8.37. The van der Waals surface area contributed by atoms with Crippen molar-refractivity contribution in [3.05, 3.63) is 16.9 Å². The third-order valence-corrected chi connectivity index (χ3v) is 3.11. The summed E-state index contributed by atoms with van der Waals surface area (Å²) in [6.07, 6.45) is 1.90. The average Bonchev–Trinajstić information content (AvgIpc) is 2.57. The summed E-state index contributed by atoms with van der Waals surface area (Å²) in [5, 5.41) is 8.44. The first-order valence-electron chi connectivity index (χ1n) is 5.38. The van der Waals surface area contributed by atoms with Crippen molar-refractivity contribution in [2.75, 3.05) is 32.7 Å². The molecule has 84 valence electrons. The third kappa shape index (κ3) is 2.93. The van der Waals surface area contributed by atoms with Crippen LogP contribution in [0.25, 0.3) is 0 Å². The predicted molar refractivity (Wildman–Crippen MR) is 61.3 cm³/mol. The molecule has 4 nitrogen and oxygen atoms in total. The number of rotatable bonds is 3. The average molecular weight is 229 g/mol. The number of piperazine rings is 1. The molecular weight excluding hydrogens is 212 g/mol. The zero-order valence-corrected chi connectivity index (χ0v) is 9.80. The maximum Gasteiger partial charge on any atom is 0.0814 e. The lowest BCUT2D eigenvalue weighted by molar-refractivity contribution is 0.229. The van der Waals surface area contributed by atoms with Crippen LogP contribution in [0.1, 0.15) is 5.69 Å². The van der Waals surface area contributed by atoms with E-state index in [9.17, 15) is 0 Å². The standard InChI is InChI=1S/C10H17ClN4/c1-9-10(11)8-15(13-9)7-6-14-4-2-12-3-5-14/h8,12H,2-7H2,1H3. The van der Waals surface area contributed by atoms with Gasteiger partial charge in [-0.05, 0) is 6.92 Å². The lowest BCUT2D eigenvalue weighted by Gasteiger charge is -2.26. The first kappa shape index (κ1) is 10.9. The van der Waals surface area contributed by atoms with Gasteiger partial charge in [-0.2, -0.15) is 5.10 Å². The highest BCUT2D eigenvalue weighted by atomic mass is 35.5. The van der Waals surface area contributed by atoms with Gasteiger partial charge in [0.05, 0.1) is 17.3 Å². The summed E-state index contributed by atoms with van der Waals surface area (Å²) in [7, 11) is 0. The minimum absolute atomic E-state index is 0.760. The number of hydrogen-bond donors (Lipinski definition) is 1. The van der Waals surface area contributed by atoms with Crippen LogP contribution in [-0.2, 0) is 6.54 Å². The summed E-state index contributed by atoms with van der Waals surface area (Å²) in [6, 6.07) is 0. The lowest BCUT2D eigenvalue weighted by atomic mass is 10.3. The van der Waals surface area contributed by atoms with Crippen LogP contribution < -0.4 is 5.32 Å². The SMILES string of the molecule is Cc1nn(CCN2CCNCC2)cc1Cl. The Morgan fingerprint density at radius 1 is 1.40 bits per heavy atom. The van der Waals surface area contributed by atoms with E-state index in [1.165, 1.54) is 0 Å². The van der Waals surface area contributed by atoms with E-state index in [-0.39, 0.29) is 0 Å². The highest BCUT2D eigenvalue weighted by Gasteiger charge is 2.09. The van der Waals surface area contributed by atoms with Gasteiger partial charge in [-0.25, -0.2) is 0 Å². The number of aryl methyl sites for hydroxylation is 1. The fourth-order valence-electron chi connectivity index (χ4n) is 1.79. The van der Waals surface area contributed by atoms with Gasteiger partial charge in [0.25, 0.3) is 0 Å². The van der Waals surface area contributed by atoms with Gasteiger partial charge < -0.3 is 5.32 Å². The van der Waals surface area contributed by atoms with Crippen molar-refractivity contribution in [3.8, 4) is 0 Å². The molecule has 1 aromatic rings. The Bertz CT molecular complexity index is 298. The second kappa shape index (κ2) is 4.96. The van der Waals surface area contributed by atoms with Crippen molar-refractivity contribution in [2.24, 2.45) is 0 Å². The van der Waals surface area contributed by atoms with Crippen molar-refractivity contribution in [1.82, 2.24) is 20.0 Å². The summed E-state index contributed by atoms with van der Waals surface area (Å²) in [5.41, 5.74) is 0.914. The molecule has 2 rings (SSSR count). The van der Waals surface area contributed by atoms with Crippen molar-refractivity contribution in [3.63, 3.8) is 0 Å². The second-order valence-electron chi connectivity index (χ2n) is 3.92. The Kier molecular flexibility index (Phi) is 3.61. The first-order valence-corrected chi connectivity index (χ1v) is 5.76. The maximum atomic E-state index is 5.94. The highest BCUT2D eigenvalue weighted by molar-refractivity contribution is 6.31. The smallest absolute Gasteiger partial charge is 0.0814 e. The molecule has 0 unspecified atom stereocenters. The number of nitrogens with one attached hydrogen (secondary N) is 1. The van der Waals surface area contributed by atoms with E-state index >= 15 is 0 Å². The van der Waals surface area contributed by atoms with Crippen LogP contribution in [0.15, 0.2) is 6.20 Å². The minimum atomic E-state index is 0.760. The zero-order chi connectivity index (χ0) is 10.7. The molecule has 0 saturated carbocycles. The zero-order valence-electron chi connectivity index (χ0n) is 9.04. The van der Waals surface area contributed by atoms with Gasteiger partial charge in [-0.15, -0.1) is 0 Å². The van der Waals surface area contributed by atoms with Crippen LogP contribution in [0, 0.1) is 6.92 Å². The molecule has 0 spiro atoms. The highest BCUT2D eigenvalue weighted by Crippen LogP contribution is 2.11. The van der Waals surface area contributed by atoms with Crippen molar-refractivity contribution >= 4 is 11.6 Å². The summed E-state index contributed by atoms with van der Waals surface area (Å²) < 4.78 is 1.93. The molecule has 0 radical (unpaired) electrons. The molecule has 1 fully saturated rings. The molecule has 0 bridgehead atoms. The molecule has 1 aliphatic rings. The molecule has 0 atom stereocenters. The number of nitrogens with zero attached hydrogens (tertiary/aromatic N) is 3. The summed E-state index contributed by atoms with van der Waals surface area (Å²) in [4.78, 5) is 2.45. The van der Waals surface area contributed by atoms with Crippen molar-refractivity contribution in [2.45, 2.75) is 13.5 Å². The second-order valence-corrected chi connectivity index (χ2v) is 4.32. The molecule has 1 aromatic heterocycles. The Morgan fingerprint density at radius 3 is 2.73 bits per heavy atom. The van der Waals surface area contributed by atoms with Gasteiger partial charge >= 0.3 is 0 Å². The minimum Gasteiger partial charge on any atom is -0.314 e. The molecule has 15 heavy (non-hydrogen) atoms. The van der Waals surface area contributed by atoms with E-state index in [0.29, 0.717) is 0 Å². The Hall–Kier alpha value is -0.580. The van der Waals surface area contributed by atoms with Gasteiger partial charge in [-0.1, -0.05) is 11.6 Å². The fourth-order valence-corrected chi connectivity index (χ4v) is 1.94. The number of aromatic nitrogens is 2. The topological polar surface area (TPSA) is 33.1 Å². The Labute approximate surface area is 95.2 Å². The van der Waals surface area contributed by atoms with E-state index in [1.54, 1.807) is 0 Å². The molecular formula is C10H17ClN4. The number of hydrogen-bond acceptors (Lipinski definition) is 3. The normalized spacial score (nSPS) is 18.3. The summed E-state index contributed by atoms with van der Waals surface area (Å²) in [5.74, 6) is 0. The first-order chi connectivity index (χ1) is 7.25. The molecule has 1 N–H and O–H groups in total. The van der Waals surface area contributed by atoms with E-state index in [0.717, 1.165) is 50.0 Å². The van der Waals surface area contributed by atoms with E-state index < -0.39 is 0 Å². The monoisotopic (exact) mass is 228 g/mol. The quantitative estimate of drug-likeness (QED) is 0.829. The van der Waals surface area contributed by atoms with E-state index in [2.05, 4.69) is 15.3 Å². The third-order valence-electron chi connectivity index (χ3n) is 2.74. The molecule has 0 amide bonds. The molecule has 0 aliphatic carbocycles. The van der Waals surface area contributed by atoms with Gasteiger partial charge in [0.15, 0.2) is 0 Å². The van der Waals surface area contributed by atoms with Crippen LogP contribution in [-0.4, -0.2) is 47.4 Å². The van der Waals surface area contributed by atoms with Crippen LogP contribution >= 0.6 is 11.6 Å². The molecule has 2 heterocycles. The lowest BCUT2D eigenvalue weighted by Crippen LogP contribution is -2.44. The van der Waals surface area contributed by atoms with Crippen molar-refractivity contribution < 1.29 is 0 Å². The Balaban J connectivity index is 1.81. The molecule has 5 heteroatoms. The van der Waals surface area contributed by atoms with E-state index in [1.807, 2.05) is 17.8 Å². The van der Waals surface area contributed by atoms with Gasteiger partial charge in [0, 0.05) is 38.9 Å². The van der Waals surface area contributed by atoms with Crippen LogP contribution in [0.3, 0.4) is 0 Å². The van der Waals surface area contributed by atoms with Crippen LogP contribution in [0.2, 0.25) is 5.02 Å². The van der Waals surface area contributed by atoms with Gasteiger partial charge in [0.2, 0.25) is 0 Å². The molecule has 0 aromatic carbocycles. The van der Waals surface area contributed by atoms with E-state index in [4.69, 9.17) is 11.6 Å². The van der Waals surface area contributed by atoms with Crippen LogP contribution in [0.5, 0.6) is 0 Å². The largest absolute Gasteiger partial charge is 0.314 e. The van der Waals surface area contributed by atoms with Crippen molar-refractivity contribution in [1.29, 1.82) is 0 Å². The fraction of sp³-hybridized carbons (Fsp3) is 0.700.